The summed E-state index contributed by atoms with van der Waals surface area (Å²) in [5.41, 5.74) is 0.754. The lowest BCUT2D eigenvalue weighted by molar-refractivity contribution is 0.225. The molecule has 1 heterocycles. The van der Waals surface area contributed by atoms with Gasteiger partial charge in [0.2, 0.25) is 0 Å². The Morgan fingerprint density at radius 1 is 1.46 bits per heavy atom. The van der Waals surface area contributed by atoms with Crippen molar-refractivity contribution in [3.8, 4) is 5.75 Å². The van der Waals surface area contributed by atoms with Crippen molar-refractivity contribution >= 4 is 29.9 Å². The van der Waals surface area contributed by atoms with Gasteiger partial charge in [-0.05, 0) is 30.5 Å². The van der Waals surface area contributed by atoms with E-state index >= 15 is 0 Å². The molecule has 2 rings (SSSR count). The summed E-state index contributed by atoms with van der Waals surface area (Å²) in [7, 11) is 1.72. The number of phenols is 1. The lowest BCUT2D eigenvalue weighted by Gasteiger charge is -2.32. The van der Waals surface area contributed by atoms with Crippen molar-refractivity contribution in [2.24, 2.45) is 4.99 Å². The molecule has 0 amide bonds. The van der Waals surface area contributed by atoms with Gasteiger partial charge in [0, 0.05) is 39.3 Å². The Hall–Kier alpha value is -1.35. The number of aromatic hydroxyl groups is 1. The van der Waals surface area contributed by atoms with Crippen molar-refractivity contribution < 1.29 is 9.50 Å². The van der Waals surface area contributed by atoms with Crippen LogP contribution in [-0.2, 0) is 6.54 Å². The fraction of sp³-hybridized carbons (Fsp3) is 0.471. The number of piperidine rings is 1. The number of hydrogen-bond donors (Lipinski definition) is 3. The maximum atomic E-state index is 13.3. The summed E-state index contributed by atoms with van der Waals surface area (Å²) < 4.78 is 13.3. The van der Waals surface area contributed by atoms with E-state index in [1.165, 1.54) is 12.1 Å². The molecule has 134 valence electrons. The molecule has 0 spiro atoms. The molecule has 1 saturated heterocycles. The molecule has 1 aromatic carbocycles. The molecule has 0 atom stereocenters. The number of nitrogens with one attached hydrogen (secondary N) is 2. The quantitative estimate of drug-likeness (QED) is 0.281. The maximum absolute atomic E-state index is 13.3. The monoisotopic (exact) mass is 448 g/mol. The number of hydrogen-bond acceptors (Lipinski definition) is 3. The second-order valence-electron chi connectivity index (χ2n) is 5.72. The number of nitrogens with zero attached hydrogens (tertiary/aromatic N) is 2. The van der Waals surface area contributed by atoms with Crippen molar-refractivity contribution in [2.45, 2.75) is 25.4 Å². The van der Waals surface area contributed by atoms with Crippen LogP contribution in [0.1, 0.15) is 18.4 Å². The number of likely N-dealkylation sites (tertiary alicyclic amines) is 1. The molecule has 1 aliphatic heterocycles. The van der Waals surface area contributed by atoms with Crippen molar-refractivity contribution in [3.63, 3.8) is 0 Å². The first kappa shape index (κ1) is 20.7. The minimum Gasteiger partial charge on any atom is -0.505 e. The van der Waals surface area contributed by atoms with Crippen molar-refractivity contribution in [1.82, 2.24) is 15.5 Å². The Morgan fingerprint density at radius 2 is 2.17 bits per heavy atom. The van der Waals surface area contributed by atoms with Crippen LogP contribution in [0.5, 0.6) is 5.75 Å². The van der Waals surface area contributed by atoms with Gasteiger partial charge >= 0.3 is 0 Å². The van der Waals surface area contributed by atoms with Gasteiger partial charge in [0.15, 0.2) is 17.5 Å². The van der Waals surface area contributed by atoms with Gasteiger partial charge < -0.3 is 15.7 Å². The van der Waals surface area contributed by atoms with E-state index in [9.17, 15) is 9.50 Å². The molecular formula is C17H26FIN4O. The van der Waals surface area contributed by atoms with E-state index in [-0.39, 0.29) is 29.7 Å². The zero-order valence-corrected chi connectivity index (χ0v) is 16.3. The average Bonchev–Trinajstić information content (AvgIpc) is 2.56. The largest absolute Gasteiger partial charge is 0.505 e. The average molecular weight is 448 g/mol. The van der Waals surface area contributed by atoms with Gasteiger partial charge in [-0.3, -0.25) is 9.89 Å². The summed E-state index contributed by atoms with van der Waals surface area (Å²) in [6.07, 6.45) is 4.05. The third-order valence-electron chi connectivity index (χ3n) is 4.01. The summed E-state index contributed by atoms with van der Waals surface area (Å²) >= 11 is 0. The second kappa shape index (κ2) is 10.5. The summed E-state index contributed by atoms with van der Waals surface area (Å²) in [6, 6.07) is 4.76. The highest BCUT2D eigenvalue weighted by Gasteiger charge is 2.18. The molecule has 7 heteroatoms. The standard InChI is InChI=1S/C17H25FN4O.HI/c1-3-8-22-9-6-14(7-10-22)21-17(19-2)20-12-13-4-5-16(23)15(18)11-13;/h3-5,11,14,23H,1,6-10,12H2,2H3,(H2,19,20,21);1H. The number of rotatable bonds is 5. The Kier molecular flexibility index (Phi) is 9.05. The fourth-order valence-electron chi connectivity index (χ4n) is 2.68. The van der Waals surface area contributed by atoms with Crippen LogP contribution < -0.4 is 10.6 Å². The minimum absolute atomic E-state index is 0. The maximum Gasteiger partial charge on any atom is 0.191 e. The molecule has 24 heavy (non-hydrogen) atoms. The van der Waals surface area contributed by atoms with E-state index in [0.717, 1.165) is 38.0 Å². The molecule has 0 unspecified atom stereocenters. The van der Waals surface area contributed by atoms with E-state index in [1.807, 2.05) is 6.08 Å². The first-order chi connectivity index (χ1) is 11.1. The molecule has 3 N–H and O–H groups in total. The molecular weight excluding hydrogens is 422 g/mol. The van der Waals surface area contributed by atoms with Crippen molar-refractivity contribution in [2.75, 3.05) is 26.7 Å². The molecule has 1 fully saturated rings. The highest BCUT2D eigenvalue weighted by atomic mass is 127. The first-order valence-corrected chi connectivity index (χ1v) is 7.90. The van der Waals surface area contributed by atoms with Gasteiger partial charge in [0.05, 0.1) is 0 Å². The summed E-state index contributed by atoms with van der Waals surface area (Å²) in [5, 5.41) is 15.8. The SMILES string of the molecule is C=CCN1CCC(NC(=NC)NCc2ccc(O)c(F)c2)CC1.I. The summed E-state index contributed by atoms with van der Waals surface area (Å²) in [4.78, 5) is 6.59. The van der Waals surface area contributed by atoms with Crippen LogP contribution in [0, 0.1) is 5.82 Å². The van der Waals surface area contributed by atoms with E-state index in [4.69, 9.17) is 0 Å². The number of halogens is 2. The van der Waals surface area contributed by atoms with Gasteiger partial charge in [-0.2, -0.15) is 0 Å². The molecule has 0 aliphatic carbocycles. The predicted molar refractivity (Wildman–Crippen MR) is 106 cm³/mol. The molecule has 5 nitrogen and oxygen atoms in total. The van der Waals surface area contributed by atoms with Crippen LogP contribution in [0.25, 0.3) is 0 Å². The Labute approximate surface area is 160 Å². The Morgan fingerprint density at radius 3 is 2.75 bits per heavy atom. The van der Waals surface area contributed by atoms with Gasteiger partial charge in [0.1, 0.15) is 0 Å². The van der Waals surface area contributed by atoms with Crippen LogP contribution >= 0.6 is 24.0 Å². The van der Waals surface area contributed by atoms with E-state index in [2.05, 4.69) is 27.1 Å². The topological polar surface area (TPSA) is 59.9 Å². The number of aliphatic imine (C=N–C) groups is 1. The molecule has 1 aromatic rings. The number of guanidine groups is 1. The van der Waals surface area contributed by atoms with Crippen LogP contribution in [-0.4, -0.2) is 48.7 Å². The predicted octanol–water partition coefficient (Wildman–Crippen LogP) is 2.46. The molecule has 0 aromatic heterocycles. The smallest absolute Gasteiger partial charge is 0.191 e. The third kappa shape index (κ3) is 6.27. The van der Waals surface area contributed by atoms with Gasteiger partial charge in [0.25, 0.3) is 0 Å². The Balaban J connectivity index is 0.00000288. The fourth-order valence-corrected chi connectivity index (χ4v) is 2.68. The first-order valence-electron chi connectivity index (χ1n) is 7.90. The minimum atomic E-state index is -0.609. The normalized spacial score (nSPS) is 16.3. The zero-order valence-electron chi connectivity index (χ0n) is 14.0. The molecule has 0 radical (unpaired) electrons. The van der Waals surface area contributed by atoms with Crippen LogP contribution in [0.2, 0.25) is 0 Å². The lowest BCUT2D eigenvalue weighted by Crippen LogP contribution is -2.48. The molecule has 0 saturated carbocycles. The number of phenolic OH excluding ortho intramolecular Hbond substituents is 1. The molecule has 1 aliphatic rings. The highest BCUT2D eigenvalue weighted by Crippen LogP contribution is 2.16. The van der Waals surface area contributed by atoms with Gasteiger partial charge in [-0.1, -0.05) is 12.1 Å². The van der Waals surface area contributed by atoms with E-state index < -0.39 is 5.82 Å². The zero-order chi connectivity index (χ0) is 16.7. The lowest BCUT2D eigenvalue weighted by atomic mass is 10.1. The van der Waals surface area contributed by atoms with E-state index in [0.29, 0.717) is 18.5 Å². The summed E-state index contributed by atoms with van der Waals surface area (Å²) in [6.45, 7) is 7.25. The van der Waals surface area contributed by atoms with Crippen LogP contribution in [0.4, 0.5) is 4.39 Å². The van der Waals surface area contributed by atoms with Crippen molar-refractivity contribution in [3.05, 3.63) is 42.2 Å². The molecule has 0 bridgehead atoms. The summed E-state index contributed by atoms with van der Waals surface area (Å²) in [5.74, 6) is -0.231. The van der Waals surface area contributed by atoms with Crippen LogP contribution in [0.3, 0.4) is 0 Å². The highest BCUT2D eigenvalue weighted by molar-refractivity contribution is 14.0. The van der Waals surface area contributed by atoms with Gasteiger partial charge in [-0.15, -0.1) is 30.6 Å². The second-order valence-corrected chi connectivity index (χ2v) is 5.72. The van der Waals surface area contributed by atoms with Crippen molar-refractivity contribution in [1.29, 1.82) is 0 Å². The van der Waals surface area contributed by atoms with Crippen LogP contribution in [0.15, 0.2) is 35.8 Å². The van der Waals surface area contributed by atoms with E-state index in [1.54, 1.807) is 13.1 Å². The number of benzene rings is 1. The third-order valence-corrected chi connectivity index (χ3v) is 4.01. The van der Waals surface area contributed by atoms with Gasteiger partial charge in [-0.25, -0.2) is 4.39 Å². The Bertz CT molecular complexity index is 560.